The van der Waals surface area contributed by atoms with Crippen LogP contribution in [0, 0.1) is 0 Å². The minimum Gasteiger partial charge on any atom is -0.493 e. The van der Waals surface area contributed by atoms with Gasteiger partial charge >= 0.3 is 0 Å². The summed E-state index contributed by atoms with van der Waals surface area (Å²) >= 11 is 1.66. The number of rotatable bonds is 8. The van der Waals surface area contributed by atoms with E-state index in [1.165, 1.54) is 0 Å². The van der Waals surface area contributed by atoms with Crippen LogP contribution in [-0.2, 0) is 11.3 Å². The molecule has 0 radical (unpaired) electrons. The lowest BCUT2D eigenvalue weighted by atomic mass is 10.2. The Hall–Kier alpha value is -1.40. The molecule has 6 heteroatoms. The van der Waals surface area contributed by atoms with Gasteiger partial charge in [-0.05, 0) is 24.0 Å². The lowest BCUT2D eigenvalue weighted by molar-refractivity contribution is -0.128. The highest BCUT2D eigenvalue weighted by Gasteiger charge is 2.11. The highest BCUT2D eigenvalue weighted by molar-refractivity contribution is 7.98. The van der Waals surface area contributed by atoms with Gasteiger partial charge in [-0.25, -0.2) is 0 Å². The number of nitrogens with one attached hydrogen (secondary N) is 1. The standard InChI is InChI=1S/C15H24N2O3S/c1-17(2)15(18)6-7-16-10-11-8-12(19-3)13(20-4)9-14(11)21-5/h8-9,16H,6-7,10H2,1-5H3. The second kappa shape index (κ2) is 8.79. The fourth-order valence-electron chi connectivity index (χ4n) is 1.87. The van der Waals surface area contributed by atoms with Crippen LogP contribution in [0.4, 0.5) is 0 Å². The summed E-state index contributed by atoms with van der Waals surface area (Å²) in [6.45, 7) is 1.34. The van der Waals surface area contributed by atoms with E-state index in [0.717, 1.165) is 22.0 Å². The lowest BCUT2D eigenvalue weighted by Crippen LogP contribution is -2.26. The summed E-state index contributed by atoms with van der Waals surface area (Å²) in [4.78, 5) is 14.2. The van der Waals surface area contributed by atoms with Gasteiger partial charge in [0, 0.05) is 38.5 Å². The second-order valence-electron chi connectivity index (χ2n) is 4.73. The van der Waals surface area contributed by atoms with Crippen molar-refractivity contribution in [1.29, 1.82) is 0 Å². The molecule has 0 fully saturated rings. The molecule has 0 heterocycles. The van der Waals surface area contributed by atoms with Crippen LogP contribution in [0.2, 0.25) is 0 Å². The molecule has 1 N–H and O–H groups in total. The molecule has 1 aromatic carbocycles. The first kappa shape index (κ1) is 17.7. The highest BCUT2D eigenvalue weighted by atomic mass is 32.2. The Bertz CT molecular complexity index is 478. The SMILES string of the molecule is COc1cc(CNCCC(=O)N(C)C)c(SC)cc1OC. The minimum atomic E-state index is 0.125. The summed E-state index contributed by atoms with van der Waals surface area (Å²) in [5.74, 6) is 1.57. The molecular formula is C15H24N2O3S. The van der Waals surface area contributed by atoms with Crippen molar-refractivity contribution < 1.29 is 14.3 Å². The van der Waals surface area contributed by atoms with E-state index >= 15 is 0 Å². The first-order valence-corrected chi connectivity index (χ1v) is 7.95. The van der Waals surface area contributed by atoms with E-state index in [-0.39, 0.29) is 5.91 Å². The normalized spacial score (nSPS) is 10.3. The van der Waals surface area contributed by atoms with Gasteiger partial charge in [-0.15, -0.1) is 11.8 Å². The maximum absolute atomic E-state index is 11.5. The molecule has 0 unspecified atom stereocenters. The van der Waals surface area contributed by atoms with E-state index < -0.39 is 0 Å². The summed E-state index contributed by atoms with van der Waals surface area (Å²) < 4.78 is 10.6. The summed E-state index contributed by atoms with van der Waals surface area (Å²) in [5, 5.41) is 3.29. The summed E-state index contributed by atoms with van der Waals surface area (Å²) in [6, 6.07) is 3.96. The average molecular weight is 312 g/mol. The smallest absolute Gasteiger partial charge is 0.223 e. The van der Waals surface area contributed by atoms with Gasteiger partial charge in [0.1, 0.15) is 0 Å². The van der Waals surface area contributed by atoms with Crippen LogP contribution in [0.1, 0.15) is 12.0 Å². The van der Waals surface area contributed by atoms with Crippen molar-refractivity contribution in [3.8, 4) is 11.5 Å². The van der Waals surface area contributed by atoms with E-state index in [1.54, 1.807) is 45.0 Å². The number of methoxy groups -OCH3 is 2. The number of carbonyl (C=O) groups is 1. The molecule has 0 aliphatic heterocycles. The van der Waals surface area contributed by atoms with Crippen LogP contribution in [0.3, 0.4) is 0 Å². The van der Waals surface area contributed by atoms with Gasteiger partial charge in [0.05, 0.1) is 14.2 Å². The van der Waals surface area contributed by atoms with Gasteiger partial charge in [-0.3, -0.25) is 4.79 Å². The Morgan fingerprint density at radius 3 is 2.38 bits per heavy atom. The topological polar surface area (TPSA) is 50.8 Å². The Labute approximate surface area is 131 Å². The first-order valence-electron chi connectivity index (χ1n) is 6.73. The average Bonchev–Trinajstić information content (AvgIpc) is 2.50. The van der Waals surface area contributed by atoms with Crippen molar-refractivity contribution in [3.63, 3.8) is 0 Å². The van der Waals surface area contributed by atoms with Gasteiger partial charge in [0.25, 0.3) is 0 Å². The van der Waals surface area contributed by atoms with Gasteiger partial charge in [-0.2, -0.15) is 0 Å². The van der Waals surface area contributed by atoms with Gasteiger partial charge in [0.15, 0.2) is 11.5 Å². The first-order chi connectivity index (χ1) is 10.0. The van der Waals surface area contributed by atoms with Crippen molar-refractivity contribution in [3.05, 3.63) is 17.7 Å². The maximum atomic E-state index is 11.5. The molecule has 5 nitrogen and oxygen atoms in total. The monoisotopic (exact) mass is 312 g/mol. The van der Waals surface area contributed by atoms with E-state index in [9.17, 15) is 4.79 Å². The van der Waals surface area contributed by atoms with Gasteiger partial charge in [0.2, 0.25) is 5.91 Å². The molecule has 0 aliphatic carbocycles. The predicted octanol–water partition coefficient (Wildman–Crippen LogP) is 1.99. The number of carbonyl (C=O) groups excluding carboxylic acids is 1. The molecule has 1 rings (SSSR count). The summed E-state index contributed by atoms with van der Waals surface area (Å²) in [7, 11) is 6.79. The molecule has 0 atom stereocenters. The van der Waals surface area contributed by atoms with Gasteiger partial charge < -0.3 is 19.7 Å². The van der Waals surface area contributed by atoms with Crippen molar-refractivity contribution >= 4 is 17.7 Å². The van der Waals surface area contributed by atoms with Crippen LogP contribution in [0.5, 0.6) is 11.5 Å². The third kappa shape index (κ3) is 5.13. The number of thioether (sulfide) groups is 1. The lowest BCUT2D eigenvalue weighted by Gasteiger charge is -2.15. The Morgan fingerprint density at radius 1 is 1.24 bits per heavy atom. The zero-order valence-electron chi connectivity index (χ0n) is 13.4. The number of nitrogens with zero attached hydrogens (tertiary/aromatic N) is 1. The van der Waals surface area contributed by atoms with Crippen LogP contribution in [0.25, 0.3) is 0 Å². The molecule has 0 saturated carbocycles. The third-order valence-corrected chi connectivity index (χ3v) is 3.94. The Morgan fingerprint density at radius 2 is 1.86 bits per heavy atom. The zero-order valence-corrected chi connectivity index (χ0v) is 14.2. The Kier molecular flexibility index (Phi) is 7.39. The Balaban J connectivity index is 2.67. The summed E-state index contributed by atoms with van der Waals surface area (Å²) in [6.07, 6.45) is 2.52. The van der Waals surface area contributed by atoms with Crippen LogP contribution >= 0.6 is 11.8 Å². The quantitative estimate of drug-likeness (QED) is 0.588. The molecule has 0 spiro atoms. The zero-order chi connectivity index (χ0) is 15.8. The third-order valence-electron chi connectivity index (χ3n) is 3.12. The van der Waals surface area contributed by atoms with Crippen molar-refractivity contribution in [1.82, 2.24) is 10.2 Å². The largest absolute Gasteiger partial charge is 0.493 e. The van der Waals surface area contributed by atoms with Crippen molar-refractivity contribution in [2.45, 2.75) is 17.9 Å². The number of hydrogen-bond acceptors (Lipinski definition) is 5. The van der Waals surface area contributed by atoms with E-state index in [4.69, 9.17) is 9.47 Å². The second-order valence-corrected chi connectivity index (χ2v) is 5.58. The molecule has 118 valence electrons. The van der Waals surface area contributed by atoms with Crippen molar-refractivity contribution in [2.75, 3.05) is 41.1 Å². The highest BCUT2D eigenvalue weighted by Crippen LogP contribution is 2.34. The fourth-order valence-corrected chi connectivity index (χ4v) is 2.49. The summed E-state index contributed by atoms with van der Waals surface area (Å²) in [5.41, 5.74) is 1.14. The molecule has 21 heavy (non-hydrogen) atoms. The number of amides is 1. The molecule has 0 aromatic heterocycles. The van der Waals surface area contributed by atoms with E-state index in [2.05, 4.69) is 5.32 Å². The molecular weight excluding hydrogens is 288 g/mol. The molecule has 0 bridgehead atoms. The van der Waals surface area contributed by atoms with Crippen LogP contribution in [0.15, 0.2) is 17.0 Å². The fraction of sp³-hybridized carbons (Fsp3) is 0.533. The van der Waals surface area contributed by atoms with E-state index in [1.807, 2.05) is 18.4 Å². The molecule has 1 aromatic rings. The molecule has 0 saturated heterocycles. The number of benzene rings is 1. The molecule has 0 aliphatic rings. The number of hydrogen-bond donors (Lipinski definition) is 1. The van der Waals surface area contributed by atoms with Crippen LogP contribution in [-0.4, -0.2) is 51.9 Å². The number of ether oxygens (including phenoxy) is 2. The van der Waals surface area contributed by atoms with Crippen molar-refractivity contribution in [2.24, 2.45) is 0 Å². The molecule has 1 amide bonds. The van der Waals surface area contributed by atoms with Crippen LogP contribution < -0.4 is 14.8 Å². The van der Waals surface area contributed by atoms with E-state index in [0.29, 0.717) is 19.5 Å². The predicted molar refractivity (Wildman–Crippen MR) is 86.3 cm³/mol. The minimum absolute atomic E-state index is 0.125. The maximum Gasteiger partial charge on any atom is 0.223 e. The van der Waals surface area contributed by atoms with Gasteiger partial charge in [-0.1, -0.05) is 0 Å².